The lowest BCUT2D eigenvalue weighted by Gasteiger charge is -2.34. The summed E-state index contributed by atoms with van der Waals surface area (Å²) in [7, 11) is 0. The topological polar surface area (TPSA) is 78.9 Å². The highest BCUT2D eigenvalue weighted by Crippen LogP contribution is 2.41. The summed E-state index contributed by atoms with van der Waals surface area (Å²) in [6.45, 7) is 10.9. The van der Waals surface area contributed by atoms with Gasteiger partial charge in [0, 0.05) is 13.0 Å². The van der Waals surface area contributed by atoms with E-state index in [1.54, 1.807) is 4.90 Å². The molecular weight excluding hydrogens is 380 g/mol. The van der Waals surface area contributed by atoms with Crippen molar-refractivity contribution in [3.63, 3.8) is 0 Å². The van der Waals surface area contributed by atoms with Gasteiger partial charge < -0.3 is 15.2 Å². The molecule has 1 saturated carbocycles. The molecule has 0 unspecified atom stereocenters. The number of carbonyl (C=O) groups excluding carboxylic acids is 1. The predicted octanol–water partition coefficient (Wildman–Crippen LogP) is 5.41. The van der Waals surface area contributed by atoms with Crippen molar-refractivity contribution in [2.24, 2.45) is 17.8 Å². The first-order chi connectivity index (χ1) is 14.2. The third-order valence-corrected chi connectivity index (χ3v) is 7.06. The van der Waals surface area contributed by atoms with E-state index in [9.17, 15) is 14.7 Å². The Morgan fingerprint density at radius 3 is 2.43 bits per heavy atom. The number of rotatable bonds is 10. The van der Waals surface area contributed by atoms with Crippen molar-refractivity contribution in [1.29, 1.82) is 0 Å². The van der Waals surface area contributed by atoms with Gasteiger partial charge in [0.15, 0.2) is 0 Å². The van der Waals surface area contributed by atoms with Gasteiger partial charge in [-0.3, -0.25) is 9.69 Å². The lowest BCUT2D eigenvalue weighted by Crippen LogP contribution is -2.48. The van der Waals surface area contributed by atoms with Gasteiger partial charge >= 0.3 is 6.09 Å². The van der Waals surface area contributed by atoms with Crippen LogP contribution >= 0.6 is 0 Å². The summed E-state index contributed by atoms with van der Waals surface area (Å²) in [5.74, 6) is 1.18. The van der Waals surface area contributed by atoms with E-state index in [0.717, 1.165) is 32.2 Å². The van der Waals surface area contributed by atoms with Gasteiger partial charge in [-0.05, 0) is 50.9 Å². The molecule has 1 saturated heterocycles. The van der Waals surface area contributed by atoms with E-state index in [1.165, 1.54) is 32.1 Å². The van der Waals surface area contributed by atoms with Gasteiger partial charge in [-0.2, -0.15) is 0 Å². The van der Waals surface area contributed by atoms with E-state index in [2.05, 4.69) is 26.1 Å². The Labute approximate surface area is 183 Å². The maximum Gasteiger partial charge on any atom is 0.409 e. The molecule has 1 aliphatic carbocycles. The van der Waals surface area contributed by atoms with E-state index in [0.29, 0.717) is 18.3 Å². The molecule has 2 aliphatic rings. The van der Waals surface area contributed by atoms with Crippen LogP contribution in [0.3, 0.4) is 0 Å². The maximum atomic E-state index is 12.4. The van der Waals surface area contributed by atoms with Crippen LogP contribution in [-0.4, -0.2) is 46.4 Å². The van der Waals surface area contributed by atoms with Crippen molar-refractivity contribution in [3.05, 3.63) is 0 Å². The van der Waals surface area contributed by atoms with E-state index in [1.807, 2.05) is 13.8 Å². The maximum absolute atomic E-state index is 12.4. The zero-order chi connectivity index (χ0) is 22.3. The number of carboxylic acid groups (broad SMARTS) is 1. The molecule has 6 heteroatoms. The SMILES string of the molecule is CCCCNC(=O)C[C@@H](C[C@@H]1OC(C)(C)N(C(=O)O)[C@H]1CC1CCCCC1)C(C)C. The van der Waals surface area contributed by atoms with Gasteiger partial charge in [0.2, 0.25) is 5.91 Å². The van der Waals surface area contributed by atoms with Crippen molar-refractivity contribution < 1.29 is 19.4 Å². The second-order valence-electron chi connectivity index (χ2n) is 10.2. The molecule has 2 N–H and O–H groups in total. The lowest BCUT2D eigenvalue weighted by molar-refractivity contribution is -0.122. The van der Waals surface area contributed by atoms with Gasteiger partial charge in [0.05, 0.1) is 12.1 Å². The molecule has 0 aromatic heterocycles. The summed E-state index contributed by atoms with van der Waals surface area (Å²) in [5, 5.41) is 13.0. The summed E-state index contributed by atoms with van der Waals surface area (Å²) in [6, 6.07) is -0.134. The fraction of sp³-hybridized carbons (Fsp3) is 0.917. The number of ether oxygens (including phenoxy) is 1. The van der Waals surface area contributed by atoms with Crippen molar-refractivity contribution in [1.82, 2.24) is 10.2 Å². The minimum atomic E-state index is -0.901. The van der Waals surface area contributed by atoms with E-state index >= 15 is 0 Å². The first kappa shape index (κ1) is 25.0. The highest BCUT2D eigenvalue weighted by Gasteiger charge is 2.51. The monoisotopic (exact) mass is 424 g/mol. The van der Waals surface area contributed by atoms with Crippen LogP contribution < -0.4 is 5.32 Å². The molecule has 30 heavy (non-hydrogen) atoms. The van der Waals surface area contributed by atoms with Crippen LogP contribution in [-0.2, 0) is 9.53 Å². The number of nitrogens with zero attached hydrogens (tertiary/aromatic N) is 1. The van der Waals surface area contributed by atoms with Gasteiger partial charge in [0.1, 0.15) is 5.72 Å². The number of carbonyl (C=O) groups is 2. The summed E-state index contributed by atoms with van der Waals surface area (Å²) in [4.78, 5) is 26.1. The van der Waals surface area contributed by atoms with Crippen molar-refractivity contribution in [2.75, 3.05) is 6.54 Å². The van der Waals surface area contributed by atoms with Gasteiger partial charge in [0.25, 0.3) is 0 Å². The molecule has 6 nitrogen and oxygen atoms in total. The normalized spacial score (nSPS) is 25.5. The summed E-state index contributed by atoms with van der Waals surface area (Å²) >= 11 is 0. The third kappa shape index (κ3) is 6.86. The molecule has 3 atom stereocenters. The second kappa shape index (κ2) is 11.4. The molecule has 2 fully saturated rings. The average molecular weight is 425 g/mol. The Balaban J connectivity index is 2.11. The average Bonchev–Trinajstić information content (AvgIpc) is 2.91. The highest BCUT2D eigenvalue weighted by atomic mass is 16.6. The first-order valence-electron chi connectivity index (χ1n) is 12.1. The molecule has 1 aliphatic heterocycles. The van der Waals surface area contributed by atoms with E-state index in [-0.39, 0.29) is 24.0 Å². The summed E-state index contributed by atoms with van der Waals surface area (Å²) in [5.41, 5.74) is -0.833. The quantitative estimate of drug-likeness (QED) is 0.460. The molecule has 2 rings (SSSR count). The fourth-order valence-corrected chi connectivity index (χ4v) is 5.27. The smallest absolute Gasteiger partial charge is 0.409 e. The van der Waals surface area contributed by atoms with Crippen molar-refractivity contribution in [2.45, 2.75) is 117 Å². The zero-order valence-electron chi connectivity index (χ0n) is 19.8. The van der Waals surface area contributed by atoms with Crippen LogP contribution in [0.4, 0.5) is 4.79 Å². The van der Waals surface area contributed by atoms with Crippen LogP contribution in [0, 0.1) is 17.8 Å². The standard InChI is InChI=1S/C24H44N2O4/c1-6-7-13-25-22(27)16-19(17(2)3)15-21-20(14-18-11-9-8-10-12-18)26(23(28)29)24(4,5)30-21/h17-21H,6-16H2,1-5H3,(H,25,27)(H,28,29)/t19-,20+,21+/m1/s1. The Hall–Kier alpha value is -1.30. The minimum absolute atomic E-state index is 0.0957. The number of amides is 2. The van der Waals surface area contributed by atoms with Gasteiger partial charge in [-0.1, -0.05) is 59.3 Å². The number of hydrogen-bond donors (Lipinski definition) is 2. The third-order valence-electron chi connectivity index (χ3n) is 7.06. The second-order valence-corrected chi connectivity index (χ2v) is 10.2. The first-order valence-corrected chi connectivity index (χ1v) is 12.1. The molecule has 0 bridgehead atoms. The van der Waals surface area contributed by atoms with Crippen molar-refractivity contribution >= 4 is 12.0 Å². The molecule has 0 radical (unpaired) electrons. The van der Waals surface area contributed by atoms with E-state index in [4.69, 9.17) is 4.74 Å². The Morgan fingerprint density at radius 2 is 1.87 bits per heavy atom. The Morgan fingerprint density at radius 1 is 1.20 bits per heavy atom. The number of nitrogens with one attached hydrogen (secondary N) is 1. The molecule has 0 aromatic rings. The fourth-order valence-electron chi connectivity index (χ4n) is 5.27. The molecule has 1 heterocycles. The Bertz CT molecular complexity index is 557. The van der Waals surface area contributed by atoms with Crippen LogP contribution in [0.25, 0.3) is 0 Å². The van der Waals surface area contributed by atoms with Gasteiger partial charge in [-0.15, -0.1) is 0 Å². The molecule has 0 spiro atoms. The molecule has 174 valence electrons. The van der Waals surface area contributed by atoms with Crippen LogP contribution in [0.1, 0.15) is 98.8 Å². The molecule has 0 aromatic carbocycles. The summed E-state index contributed by atoms with van der Waals surface area (Å²) < 4.78 is 6.35. The number of hydrogen-bond acceptors (Lipinski definition) is 3. The van der Waals surface area contributed by atoms with Crippen LogP contribution in [0.5, 0.6) is 0 Å². The highest BCUT2D eigenvalue weighted by molar-refractivity contribution is 5.76. The Kier molecular flexibility index (Phi) is 9.45. The molecule has 2 amide bonds. The summed E-state index contributed by atoms with van der Waals surface area (Å²) in [6.07, 6.45) is 9.21. The van der Waals surface area contributed by atoms with Crippen LogP contribution in [0.2, 0.25) is 0 Å². The largest absolute Gasteiger partial charge is 0.465 e. The zero-order valence-corrected chi connectivity index (χ0v) is 19.8. The number of unbranched alkanes of at least 4 members (excludes halogenated alkanes) is 1. The molecular formula is C24H44N2O4. The van der Waals surface area contributed by atoms with Crippen LogP contribution in [0.15, 0.2) is 0 Å². The predicted molar refractivity (Wildman–Crippen MR) is 119 cm³/mol. The van der Waals surface area contributed by atoms with E-state index < -0.39 is 11.8 Å². The van der Waals surface area contributed by atoms with Gasteiger partial charge in [-0.25, -0.2) is 4.79 Å². The lowest BCUT2D eigenvalue weighted by atomic mass is 9.80. The minimum Gasteiger partial charge on any atom is -0.465 e. The van der Waals surface area contributed by atoms with Crippen molar-refractivity contribution in [3.8, 4) is 0 Å².